The predicted octanol–water partition coefficient (Wildman–Crippen LogP) is 2.82. The van der Waals surface area contributed by atoms with Gasteiger partial charge >= 0.3 is 0 Å². The third kappa shape index (κ3) is 1.35. The monoisotopic (exact) mass is 200 g/mol. The van der Waals surface area contributed by atoms with E-state index in [0.29, 0.717) is 15.9 Å². The first kappa shape index (κ1) is 8.37. The highest BCUT2D eigenvalue weighted by atomic mass is 32.1. The van der Waals surface area contributed by atoms with Gasteiger partial charge in [-0.3, -0.25) is 0 Å². The summed E-state index contributed by atoms with van der Waals surface area (Å²) in [5.41, 5.74) is 6.64. The molecule has 2 nitrogen and oxygen atoms in total. The van der Waals surface area contributed by atoms with Crippen LogP contribution in [-0.4, -0.2) is 4.98 Å². The summed E-state index contributed by atoms with van der Waals surface area (Å²) in [6.45, 7) is 0. The van der Waals surface area contributed by atoms with E-state index < -0.39 is 6.43 Å². The zero-order chi connectivity index (χ0) is 9.42. The Kier molecular flexibility index (Phi) is 1.88. The number of hydrogen-bond acceptors (Lipinski definition) is 3. The van der Waals surface area contributed by atoms with Crippen molar-refractivity contribution in [1.29, 1.82) is 0 Å². The molecule has 0 unspecified atom stereocenters. The fourth-order valence-corrected chi connectivity index (χ4v) is 1.93. The van der Waals surface area contributed by atoms with E-state index in [2.05, 4.69) is 4.98 Å². The summed E-state index contributed by atoms with van der Waals surface area (Å²) in [4.78, 5) is 3.76. The molecular weight excluding hydrogens is 194 g/mol. The summed E-state index contributed by atoms with van der Waals surface area (Å²) in [5.74, 6) is 0. The number of hydrogen-bond donors (Lipinski definition) is 1. The number of aromatic nitrogens is 1. The number of thiazole rings is 1. The summed E-state index contributed by atoms with van der Waals surface area (Å²) in [5, 5.41) is -0.173. The van der Waals surface area contributed by atoms with Gasteiger partial charge in [0.2, 0.25) is 0 Å². The Morgan fingerprint density at radius 3 is 2.77 bits per heavy atom. The van der Waals surface area contributed by atoms with Crippen molar-refractivity contribution in [2.45, 2.75) is 6.43 Å². The van der Waals surface area contributed by atoms with E-state index >= 15 is 0 Å². The molecule has 0 amide bonds. The van der Waals surface area contributed by atoms with E-state index in [9.17, 15) is 8.78 Å². The van der Waals surface area contributed by atoms with Crippen LogP contribution in [-0.2, 0) is 0 Å². The van der Waals surface area contributed by atoms with Crippen molar-refractivity contribution in [2.24, 2.45) is 0 Å². The number of anilines is 1. The Morgan fingerprint density at radius 2 is 2.15 bits per heavy atom. The topological polar surface area (TPSA) is 38.9 Å². The lowest BCUT2D eigenvalue weighted by Gasteiger charge is -1.90. The molecule has 2 N–H and O–H groups in total. The fourth-order valence-electron chi connectivity index (χ4n) is 1.08. The first-order valence-electron chi connectivity index (χ1n) is 3.61. The van der Waals surface area contributed by atoms with Crippen LogP contribution in [0.5, 0.6) is 0 Å². The standard InChI is InChI=1S/C8H6F2N2S/c9-7(10)8-12-5-3-1-2-4(11)6(5)13-8/h1-3,7H,11H2. The summed E-state index contributed by atoms with van der Waals surface area (Å²) in [6, 6.07) is 5.05. The molecular formula is C8H6F2N2S. The number of nitrogens with zero attached hydrogens (tertiary/aromatic N) is 1. The molecule has 0 aliphatic heterocycles. The second kappa shape index (κ2) is 2.92. The smallest absolute Gasteiger partial charge is 0.289 e. The van der Waals surface area contributed by atoms with E-state index in [1.54, 1.807) is 18.2 Å². The molecule has 1 aromatic carbocycles. The Balaban J connectivity index is 2.68. The molecule has 0 aliphatic carbocycles. The van der Waals surface area contributed by atoms with Gasteiger partial charge in [0.25, 0.3) is 6.43 Å². The van der Waals surface area contributed by atoms with Crippen LogP contribution in [0.2, 0.25) is 0 Å². The van der Waals surface area contributed by atoms with E-state index in [1.807, 2.05) is 0 Å². The highest BCUT2D eigenvalue weighted by Gasteiger charge is 2.13. The minimum Gasteiger partial charge on any atom is -0.398 e. The van der Waals surface area contributed by atoms with Gasteiger partial charge in [0, 0.05) is 0 Å². The maximum absolute atomic E-state index is 12.2. The lowest BCUT2D eigenvalue weighted by atomic mass is 10.3. The minimum absolute atomic E-state index is 0.173. The second-order valence-electron chi connectivity index (χ2n) is 2.55. The van der Waals surface area contributed by atoms with Crippen LogP contribution in [0.25, 0.3) is 10.2 Å². The summed E-state index contributed by atoms with van der Waals surface area (Å²) in [6.07, 6.45) is -2.52. The van der Waals surface area contributed by atoms with Crippen LogP contribution >= 0.6 is 11.3 Å². The van der Waals surface area contributed by atoms with Gasteiger partial charge in [-0.1, -0.05) is 6.07 Å². The molecule has 68 valence electrons. The van der Waals surface area contributed by atoms with Crippen molar-refractivity contribution in [1.82, 2.24) is 4.98 Å². The van der Waals surface area contributed by atoms with Crippen molar-refractivity contribution >= 4 is 27.2 Å². The van der Waals surface area contributed by atoms with Crippen LogP contribution < -0.4 is 5.73 Å². The molecule has 0 aliphatic rings. The molecule has 2 aromatic rings. The zero-order valence-corrected chi connectivity index (χ0v) is 7.31. The molecule has 0 saturated carbocycles. The number of alkyl halides is 2. The summed E-state index contributed by atoms with van der Waals surface area (Å²) < 4.78 is 25.1. The Bertz CT molecular complexity index is 439. The molecule has 0 fully saturated rings. The molecule has 0 saturated heterocycles. The highest BCUT2D eigenvalue weighted by molar-refractivity contribution is 7.19. The molecule has 2 rings (SSSR count). The fraction of sp³-hybridized carbons (Fsp3) is 0.125. The molecule has 1 aromatic heterocycles. The SMILES string of the molecule is Nc1cccc2nc(C(F)F)sc12. The normalized spacial score (nSPS) is 11.3. The lowest BCUT2D eigenvalue weighted by Crippen LogP contribution is -1.82. The van der Waals surface area contributed by atoms with Gasteiger partial charge < -0.3 is 5.73 Å². The zero-order valence-electron chi connectivity index (χ0n) is 6.50. The van der Waals surface area contributed by atoms with Crippen LogP contribution in [0, 0.1) is 0 Å². The number of nitrogens with two attached hydrogens (primary N) is 1. The van der Waals surface area contributed by atoms with Crippen LogP contribution in [0.4, 0.5) is 14.5 Å². The molecule has 0 radical (unpaired) electrons. The maximum atomic E-state index is 12.2. The van der Waals surface area contributed by atoms with Crippen LogP contribution in [0.15, 0.2) is 18.2 Å². The number of fused-ring (bicyclic) bond motifs is 1. The largest absolute Gasteiger partial charge is 0.398 e. The van der Waals surface area contributed by atoms with Crippen LogP contribution in [0.3, 0.4) is 0 Å². The minimum atomic E-state index is -2.52. The molecule has 0 bridgehead atoms. The summed E-state index contributed by atoms with van der Waals surface area (Å²) >= 11 is 0.946. The van der Waals surface area contributed by atoms with Crippen molar-refractivity contribution in [2.75, 3.05) is 5.73 Å². The van der Waals surface area contributed by atoms with Gasteiger partial charge in [-0.2, -0.15) is 0 Å². The highest BCUT2D eigenvalue weighted by Crippen LogP contribution is 2.32. The molecule has 0 atom stereocenters. The first-order valence-corrected chi connectivity index (χ1v) is 4.43. The molecule has 1 heterocycles. The third-order valence-electron chi connectivity index (χ3n) is 1.65. The maximum Gasteiger partial charge on any atom is 0.289 e. The molecule has 0 spiro atoms. The quantitative estimate of drug-likeness (QED) is 0.719. The van der Waals surface area contributed by atoms with Crippen molar-refractivity contribution < 1.29 is 8.78 Å². The van der Waals surface area contributed by atoms with Gasteiger partial charge in [0.05, 0.1) is 15.9 Å². The van der Waals surface area contributed by atoms with Crippen molar-refractivity contribution in [3.05, 3.63) is 23.2 Å². The average Bonchev–Trinajstić information content (AvgIpc) is 2.49. The number of halogens is 2. The average molecular weight is 200 g/mol. The van der Waals surface area contributed by atoms with Crippen LogP contribution in [0.1, 0.15) is 11.4 Å². The van der Waals surface area contributed by atoms with Gasteiger partial charge in [0.15, 0.2) is 5.01 Å². The number of nitrogen functional groups attached to an aromatic ring is 1. The number of benzene rings is 1. The van der Waals surface area contributed by atoms with E-state index in [0.717, 1.165) is 11.3 Å². The second-order valence-corrected chi connectivity index (χ2v) is 3.58. The predicted molar refractivity (Wildman–Crippen MR) is 49.0 cm³/mol. The Hall–Kier alpha value is -1.23. The van der Waals surface area contributed by atoms with E-state index in [-0.39, 0.29) is 5.01 Å². The van der Waals surface area contributed by atoms with Gasteiger partial charge in [-0.25, -0.2) is 13.8 Å². The Morgan fingerprint density at radius 1 is 1.38 bits per heavy atom. The van der Waals surface area contributed by atoms with Gasteiger partial charge in [-0.05, 0) is 12.1 Å². The Labute approximate surface area is 77.0 Å². The lowest BCUT2D eigenvalue weighted by molar-refractivity contribution is 0.151. The van der Waals surface area contributed by atoms with Gasteiger partial charge in [0.1, 0.15) is 0 Å². The van der Waals surface area contributed by atoms with Gasteiger partial charge in [-0.15, -0.1) is 11.3 Å². The van der Waals surface area contributed by atoms with E-state index in [4.69, 9.17) is 5.73 Å². The summed E-state index contributed by atoms with van der Waals surface area (Å²) in [7, 11) is 0. The van der Waals surface area contributed by atoms with E-state index in [1.165, 1.54) is 0 Å². The first-order chi connectivity index (χ1) is 6.18. The molecule has 5 heteroatoms. The van der Waals surface area contributed by atoms with Crippen molar-refractivity contribution in [3.63, 3.8) is 0 Å². The molecule has 13 heavy (non-hydrogen) atoms. The van der Waals surface area contributed by atoms with Crippen molar-refractivity contribution in [3.8, 4) is 0 Å². The number of rotatable bonds is 1. The third-order valence-corrected chi connectivity index (χ3v) is 2.78.